The van der Waals surface area contributed by atoms with Crippen LogP contribution in [0.2, 0.25) is 0 Å². The van der Waals surface area contributed by atoms with E-state index in [4.69, 9.17) is 21.2 Å². The normalized spacial score (nSPS) is 16.7. The first kappa shape index (κ1) is 48.0. The molecule has 5 aromatic heterocycles. The van der Waals surface area contributed by atoms with Gasteiger partial charge in [-0.25, -0.2) is 9.97 Å². The number of carbonyl (C=O) groups excluding carboxylic acids is 2. The Morgan fingerprint density at radius 2 is 1.27 bits per heavy atom. The highest BCUT2D eigenvalue weighted by atomic mass is 79.9. The summed E-state index contributed by atoms with van der Waals surface area (Å²) >= 11 is 6.33. The summed E-state index contributed by atoms with van der Waals surface area (Å²) in [6.45, 7) is 14.3. The van der Waals surface area contributed by atoms with Gasteiger partial charge in [0, 0.05) is 50.5 Å². The van der Waals surface area contributed by atoms with Crippen LogP contribution in [0.25, 0.3) is 42.0 Å². The van der Waals surface area contributed by atoms with Gasteiger partial charge in [-0.05, 0) is 155 Å². The van der Waals surface area contributed by atoms with Gasteiger partial charge < -0.3 is 16.4 Å². The molecule has 0 aliphatic heterocycles. The SMILES string of the molecule is CC(C)(C)C1CCc2nc3sc(C(=O)N[C@H](CN)c4cccc(-c5ccncc5)c4)cc3cc2C1.CC(C)(C)C1CCc2nc3sc(C(=O)N[C@H](CN=[N+]=[N-])c4cccc(Br)c4)cc3cc2C1. The van der Waals surface area contributed by atoms with Crippen LogP contribution in [0.1, 0.15) is 119 Å². The van der Waals surface area contributed by atoms with Gasteiger partial charge in [0.25, 0.3) is 11.8 Å². The molecule has 2 aromatic carbocycles. The fourth-order valence-corrected chi connectivity index (χ4v) is 11.5. The molecule has 0 fully saturated rings. The summed E-state index contributed by atoms with van der Waals surface area (Å²) in [6, 6.07) is 27.4. The van der Waals surface area contributed by atoms with Crippen LogP contribution in [0, 0.1) is 22.7 Å². The van der Waals surface area contributed by atoms with Gasteiger partial charge in [-0.2, -0.15) is 0 Å². The highest BCUT2D eigenvalue weighted by Gasteiger charge is 2.31. The maximum atomic E-state index is 13.2. The smallest absolute Gasteiger partial charge is 0.261 e. The van der Waals surface area contributed by atoms with Gasteiger partial charge in [-0.3, -0.25) is 14.6 Å². The fraction of sp³-hybridized carbons (Fsp3) is 0.377. The van der Waals surface area contributed by atoms with Crippen molar-refractivity contribution in [3.8, 4) is 11.1 Å². The summed E-state index contributed by atoms with van der Waals surface area (Å²) in [4.78, 5) is 46.2. The summed E-state index contributed by atoms with van der Waals surface area (Å²) in [5.41, 5.74) is 24.4. The highest BCUT2D eigenvalue weighted by molar-refractivity contribution is 9.10. The molecule has 0 saturated carbocycles. The van der Waals surface area contributed by atoms with E-state index in [-0.39, 0.29) is 35.2 Å². The van der Waals surface area contributed by atoms with Gasteiger partial charge in [0.15, 0.2) is 0 Å². The van der Waals surface area contributed by atoms with Crippen molar-refractivity contribution in [2.24, 2.45) is 33.5 Å². The number of aromatic nitrogens is 3. The lowest BCUT2D eigenvalue weighted by Crippen LogP contribution is -2.33. The Hall–Kier alpha value is -5.50. The second-order valence-corrected chi connectivity index (χ2v) is 22.9. The molecule has 4 N–H and O–H groups in total. The topological polar surface area (TPSA) is 172 Å². The Morgan fingerprint density at radius 3 is 1.78 bits per heavy atom. The van der Waals surface area contributed by atoms with Crippen molar-refractivity contribution in [3.05, 3.63) is 156 Å². The Balaban J connectivity index is 0.000000182. The molecule has 2 amide bonds. The molecule has 14 heteroatoms. The molecule has 0 spiro atoms. The number of amides is 2. The monoisotopic (exact) mass is 995 g/mol. The number of nitrogens with two attached hydrogens (primary N) is 1. The lowest BCUT2D eigenvalue weighted by atomic mass is 9.71. The summed E-state index contributed by atoms with van der Waals surface area (Å²) in [5, 5.41) is 11.9. The number of aryl methyl sites for hydroxylation is 2. The maximum Gasteiger partial charge on any atom is 0.261 e. The Labute approximate surface area is 409 Å². The van der Waals surface area contributed by atoms with E-state index in [0.29, 0.717) is 28.1 Å². The number of hydrogen-bond acceptors (Lipinski definition) is 9. The molecule has 0 saturated heterocycles. The van der Waals surface area contributed by atoms with Gasteiger partial charge >= 0.3 is 0 Å². The molecule has 67 heavy (non-hydrogen) atoms. The molecule has 2 aliphatic rings. The predicted octanol–water partition coefficient (Wildman–Crippen LogP) is 12.9. The molecular weight excluding hydrogens is 939 g/mol. The number of hydrogen-bond donors (Lipinski definition) is 3. The molecule has 2 aliphatic carbocycles. The molecule has 346 valence electrons. The predicted molar refractivity (Wildman–Crippen MR) is 276 cm³/mol. The summed E-state index contributed by atoms with van der Waals surface area (Å²) in [6.07, 6.45) is 9.98. The van der Waals surface area contributed by atoms with Crippen molar-refractivity contribution in [3.63, 3.8) is 0 Å². The Bertz CT molecular complexity index is 2970. The zero-order valence-electron chi connectivity index (χ0n) is 39.0. The molecule has 0 radical (unpaired) electrons. The van der Waals surface area contributed by atoms with Crippen LogP contribution in [0.15, 0.2) is 107 Å². The largest absolute Gasteiger partial charge is 0.344 e. The van der Waals surface area contributed by atoms with Crippen LogP contribution in [-0.4, -0.2) is 39.9 Å². The van der Waals surface area contributed by atoms with Gasteiger partial charge in [0.05, 0.1) is 28.4 Å². The van der Waals surface area contributed by atoms with Crippen molar-refractivity contribution < 1.29 is 9.59 Å². The molecule has 5 heterocycles. The average Bonchev–Trinajstić information content (AvgIpc) is 3.94. The fourth-order valence-electron chi connectivity index (χ4n) is 9.24. The average molecular weight is 997 g/mol. The standard InChI is InChI=1S/C29H32N4OS.C24H26BrN5OS/c1-29(2,3)23-7-8-24-21(15-23)14-22-16-26(35-28(22)33-24)27(34)32-25(17-30)20-6-4-5-19(13-20)18-9-11-31-12-10-18;1-24(2,3)17-7-8-19-15(10-17)9-16-12-21(32-23(16)29-19)22(31)28-20(13-27-30-26)14-5-4-6-18(25)11-14/h4-6,9-14,16,23,25H,7-8,15,17,30H2,1-3H3,(H,32,34);4-6,9,11-12,17,20H,7-8,10,13H2,1-3H3,(H,28,31)/t23?,25-;17?,20-/m11/s1. The second kappa shape index (κ2) is 20.4. The highest BCUT2D eigenvalue weighted by Crippen LogP contribution is 2.40. The number of fused-ring (bicyclic) bond motifs is 4. The van der Waals surface area contributed by atoms with Crippen LogP contribution in [0.5, 0.6) is 0 Å². The van der Waals surface area contributed by atoms with E-state index in [9.17, 15) is 9.59 Å². The van der Waals surface area contributed by atoms with Gasteiger partial charge in [0.1, 0.15) is 9.66 Å². The minimum absolute atomic E-state index is 0.108. The number of azide groups is 1. The van der Waals surface area contributed by atoms with Crippen LogP contribution < -0.4 is 16.4 Å². The number of thiophene rings is 2. The second-order valence-electron chi connectivity index (χ2n) is 19.9. The van der Waals surface area contributed by atoms with Crippen LogP contribution in [0.4, 0.5) is 0 Å². The minimum atomic E-state index is -0.408. The third-order valence-electron chi connectivity index (χ3n) is 13.4. The van der Waals surface area contributed by atoms with Gasteiger partial charge in [-0.15, -0.1) is 22.7 Å². The quantitative estimate of drug-likeness (QED) is 0.0699. The Morgan fingerprint density at radius 1 is 0.746 bits per heavy atom. The number of benzene rings is 2. The lowest BCUT2D eigenvalue weighted by molar-refractivity contribution is 0.0933. The van der Waals surface area contributed by atoms with E-state index in [1.165, 1.54) is 51.6 Å². The first-order valence-electron chi connectivity index (χ1n) is 23.0. The molecule has 4 atom stereocenters. The third kappa shape index (κ3) is 11.4. The van der Waals surface area contributed by atoms with E-state index in [2.05, 4.69) is 107 Å². The van der Waals surface area contributed by atoms with E-state index in [1.807, 2.05) is 60.7 Å². The molecule has 2 unspecified atom stereocenters. The molecule has 0 bridgehead atoms. The van der Waals surface area contributed by atoms with Crippen LogP contribution in [0.3, 0.4) is 0 Å². The van der Waals surface area contributed by atoms with Crippen LogP contribution in [-0.2, 0) is 25.7 Å². The van der Waals surface area contributed by atoms with Crippen molar-refractivity contribution in [1.29, 1.82) is 0 Å². The van der Waals surface area contributed by atoms with E-state index >= 15 is 0 Å². The number of carbonyl (C=O) groups is 2. The summed E-state index contributed by atoms with van der Waals surface area (Å²) in [7, 11) is 0. The van der Waals surface area contributed by atoms with E-state index in [0.717, 1.165) is 79.3 Å². The number of rotatable bonds is 10. The number of pyridine rings is 3. The number of halogens is 1. The first-order chi connectivity index (χ1) is 32.1. The van der Waals surface area contributed by atoms with Crippen molar-refractivity contribution in [1.82, 2.24) is 25.6 Å². The zero-order chi connectivity index (χ0) is 47.5. The molecule has 7 aromatic rings. The first-order valence-corrected chi connectivity index (χ1v) is 25.4. The number of nitrogens with one attached hydrogen (secondary N) is 2. The van der Waals surface area contributed by atoms with Crippen molar-refractivity contribution in [2.45, 2.75) is 92.2 Å². The number of nitrogens with zero attached hydrogens (tertiary/aromatic N) is 6. The zero-order valence-corrected chi connectivity index (χ0v) is 42.2. The van der Waals surface area contributed by atoms with E-state index < -0.39 is 6.04 Å². The Kier molecular flexibility index (Phi) is 14.6. The van der Waals surface area contributed by atoms with Crippen LogP contribution >= 0.6 is 38.6 Å². The van der Waals surface area contributed by atoms with E-state index in [1.54, 1.807) is 12.4 Å². The third-order valence-corrected chi connectivity index (χ3v) is 16.0. The lowest BCUT2D eigenvalue weighted by Gasteiger charge is -2.34. The van der Waals surface area contributed by atoms with Crippen molar-refractivity contribution >= 4 is 70.9 Å². The van der Waals surface area contributed by atoms with Crippen molar-refractivity contribution in [2.75, 3.05) is 13.1 Å². The minimum Gasteiger partial charge on any atom is -0.344 e. The summed E-state index contributed by atoms with van der Waals surface area (Å²) in [5.74, 6) is 1.01. The summed E-state index contributed by atoms with van der Waals surface area (Å²) < 4.78 is 0.903. The molecule has 9 rings (SSSR count). The van der Waals surface area contributed by atoms with Gasteiger partial charge in [-0.1, -0.05) is 92.9 Å². The molecular formula is C53H58BrN9O2S2. The maximum absolute atomic E-state index is 13.2. The molecule has 11 nitrogen and oxygen atoms in total. The van der Waals surface area contributed by atoms with Gasteiger partial charge in [0.2, 0.25) is 0 Å².